The van der Waals surface area contributed by atoms with E-state index in [1.165, 1.54) is 6.42 Å². The highest BCUT2D eigenvalue weighted by Gasteiger charge is 2.13. The second-order valence-electron chi connectivity index (χ2n) is 4.10. The topological polar surface area (TPSA) is 24.5 Å². The molecule has 3 nitrogen and oxygen atoms in total. The first-order valence-corrected chi connectivity index (χ1v) is 6.14. The van der Waals surface area contributed by atoms with Crippen LogP contribution in [0, 0.1) is 0 Å². The van der Waals surface area contributed by atoms with Crippen molar-refractivity contribution >= 4 is 0 Å². The van der Waals surface area contributed by atoms with E-state index in [1.54, 1.807) is 0 Å². The van der Waals surface area contributed by atoms with Gasteiger partial charge in [-0.05, 0) is 40.8 Å². The SMILES string of the molecule is CCOCCN(CC)C(C)CC(C)NC. The van der Waals surface area contributed by atoms with Gasteiger partial charge in [-0.15, -0.1) is 0 Å². The smallest absolute Gasteiger partial charge is 0.0593 e. The second-order valence-corrected chi connectivity index (χ2v) is 4.10. The van der Waals surface area contributed by atoms with E-state index in [0.29, 0.717) is 12.1 Å². The molecule has 0 aromatic rings. The summed E-state index contributed by atoms with van der Waals surface area (Å²) in [5, 5.41) is 3.28. The van der Waals surface area contributed by atoms with E-state index in [0.717, 1.165) is 26.3 Å². The molecule has 0 saturated heterocycles. The molecule has 0 heterocycles. The van der Waals surface area contributed by atoms with E-state index in [1.807, 2.05) is 14.0 Å². The lowest BCUT2D eigenvalue weighted by atomic mass is 10.1. The summed E-state index contributed by atoms with van der Waals surface area (Å²) in [6.07, 6.45) is 1.19. The highest BCUT2D eigenvalue weighted by molar-refractivity contribution is 4.71. The van der Waals surface area contributed by atoms with Crippen LogP contribution in [0.2, 0.25) is 0 Å². The van der Waals surface area contributed by atoms with Crippen LogP contribution in [0.5, 0.6) is 0 Å². The standard InChI is InChI=1S/C12H28N2O/c1-6-14(8-9-15-7-2)12(4)10-11(3)13-5/h11-13H,6-10H2,1-5H3. The molecule has 0 aromatic heterocycles. The summed E-state index contributed by atoms with van der Waals surface area (Å²) in [4.78, 5) is 2.48. The normalized spacial score (nSPS) is 15.6. The number of rotatable bonds is 9. The van der Waals surface area contributed by atoms with Crippen molar-refractivity contribution in [2.75, 3.05) is 33.4 Å². The number of likely N-dealkylation sites (N-methyl/N-ethyl adjacent to an activating group) is 1. The Morgan fingerprint density at radius 2 is 1.93 bits per heavy atom. The fraction of sp³-hybridized carbons (Fsp3) is 1.00. The van der Waals surface area contributed by atoms with Gasteiger partial charge < -0.3 is 10.1 Å². The molecule has 2 unspecified atom stereocenters. The molecule has 2 atom stereocenters. The van der Waals surface area contributed by atoms with Crippen LogP contribution in [0.25, 0.3) is 0 Å². The summed E-state index contributed by atoms with van der Waals surface area (Å²) < 4.78 is 5.39. The van der Waals surface area contributed by atoms with Crippen LogP contribution in [0.15, 0.2) is 0 Å². The zero-order valence-corrected chi connectivity index (χ0v) is 11.0. The predicted molar refractivity (Wildman–Crippen MR) is 66.3 cm³/mol. The molecule has 0 aliphatic heterocycles. The summed E-state index contributed by atoms with van der Waals surface area (Å²) in [5.74, 6) is 0. The Morgan fingerprint density at radius 1 is 1.27 bits per heavy atom. The van der Waals surface area contributed by atoms with Gasteiger partial charge in [-0.2, -0.15) is 0 Å². The summed E-state index contributed by atoms with van der Waals surface area (Å²) in [6, 6.07) is 1.21. The fourth-order valence-corrected chi connectivity index (χ4v) is 1.79. The van der Waals surface area contributed by atoms with Gasteiger partial charge in [0.15, 0.2) is 0 Å². The third kappa shape index (κ3) is 6.88. The lowest BCUT2D eigenvalue weighted by molar-refractivity contribution is 0.0962. The average molecular weight is 216 g/mol. The van der Waals surface area contributed by atoms with Gasteiger partial charge in [0.2, 0.25) is 0 Å². The molecule has 0 saturated carbocycles. The number of hydrogen-bond donors (Lipinski definition) is 1. The Morgan fingerprint density at radius 3 is 2.40 bits per heavy atom. The lowest BCUT2D eigenvalue weighted by Crippen LogP contribution is -2.39. The number of nitrogens with zero attached hydrogens (tertiary/aromatic N) is 1. The van der Waals surface area contributed by atoms with Gasteiger partial charge in [-0.25, -0.2) is 0 Å². The summed E-state index contributed by atoms with van der Waals surface area (Å²) in [7, 11) is 2.02. The van der Waals surface area contributed by atoms with Crippen LogP contribution in [0.1, 0.15) is 34.1 Å². The van der Waals surface area contributed by atoms with Crippen molar-refractivity contribution in [3.05, 3.63) is 0 Å². The van der Waals surface area contributed by atoms with Gasteiger partial charge in [-0.1, -0.05) is 6.92 Å². The van der Waals surface area contributed by atoms with Gasteiger partial charge in [0, 0.05) is 25.2 Å². The molecule has 0 aliphatic carbocycles. The molecule has 0 spiro atoms. The summed E-state index contributed by atoms with van der Waals surface area (Å²) in [6.45, 7) is 12.6. The number of ether oxygens (including phenoxy) is 1. The maximum atomic E-state index is 5.39. The highest BCUT2D eigenvalue weighted by Crippen LogP contribution is 2.06. The average Bonchev–Trinajstić information content (AvgIpc) is 2.24. The molecule has 0 aliphatic rings. The highest BCUT2D eigenvalue weighted by atomic mass is 16.5. The summed E-state index contributed by atoms with van der Waals surface area (Å²) in [5.41, 5.74) is 0. The molecule has 92 valence electrons. The van der Waals surface area contributed by atoms with E-state index in [-0.39, 0.29) is 0 Å². The number of hydrogen-bond acceptors (Lipinski definition) is 3. The molecule has 0 rings (SSSR count). The van der Waals surface area contributed by atoms with E-state index >= 15 is 0 Å². The van der Waals surface area contributed by atoms with Crippen molar-refractivity contribution in [2.24, 2.45) is 0 Å². The van der Waals surface area contributed by atoms with Gasteiger partial charge >= 0.3 is 0 Å². The van der Waals surface area contributed by atoms with Crippen LogP contribution in [0.4, 0.5) is 0 Å². The Bertz CT molecular complexity index is 142. The van der Waals surface area contributed by atoms with Crippen molar-refractivity contribution in [3.63, 3.8) is 0 Å². The summed E-state index contributed by atoms with van der Waals surface area (Å²) >= 11 is 0. The van der Waals surface area contributed by atoms with Gasteiger partial charge in [0.1, 0.15) is 0 Å². The molecule has 0 aromatic carbocycles. The minimum Gasteiger partial charge on any atom is -0.380 e. The van der Waals surface area contributed by atoms with E-state index in [2.05, 4.69) is 31.0 Å². The van der Waals surface area contributed by atoms with Crippen LogP contribution in [-0.4, -0.2) is 50.3 Å². The minimum absolute atomic E-state index is 0.584. The molecule has 15 heavy (non-hydrogen) atoms. The third-order valence-electron chi connectivity index (χ3n) is 2.94. The van der Waals surface area contributed by atoms with Gasteiger partial charge in [0.25, 0.3) is 0 Å². The van der Waals surface area contributed by atoms with Crippen LogP contribution in [0.3, 0.4) is 0 Å². The zero-order valence-electron chi connectivity index (χ0n) is 11.0. The monoisotopic (exact) mass is 216 g/mol. The van der Waals surface area contributed by atoms with Crippen molar-refractivity contribution < 1.29 is 4.74 Å². The van der Waals surface area contributed by atoms with E-state index in [4.69, 9.17) is 4.74 Å². The van der Waals surface area contributed by atoms with Crippen molar-refractivity contribution in [1.29, 1.82) is 0 Å². The van der Waals surface area contributed by atoms with Crippen LogP contribution >= 0.6 is 0 Å². The first-order valence-electron chi connectivity index (χ1n) is 6.14. The number of nitrogens with one attached hydrogen (secondary N) is 1. The fourth-order valence-electron chi connectivity index (χ4n) is 1.79. The van der Waals surface area contributed by atoms with Crippen molar-refractivity contribution in [3.8, 4) is 0 Å². The van der Waals surface area contributed by atoms with Crippen molar-refractivity contribution in [2.45, 2.75) is 46.2 Å². The van der Waals surface area contributed by atoms with Gasteiger partial charge in [0.05, 0.1) is 6.61 Å². The maximum Gasteiger partial charge on any atom is 0.0593 e. The lowest BCUT2D eigenvalue weighted by Gasteiger charge is -2.29. The Labute approximate surface area is 95.2 Å². The molecule has 3 heteroatoms. The molecular weight excluding hydrogens is 188 g/mol. The molecule has 0 fully saturated rings. The molecule has 0 radical (unpaired) electrons. The Balaban J connectivity index is 3.81. The van der Waals surface area contributed by atoms with E-state index < -0.39 is 0 Å². The Kier molecular flexibility index (Phi) is 9.06. The van der Waals surface area contributed by atoms with Crippen LogP contribution in [-0.2, 0) is 4.74 Å². The molecule has 1 N–H and O–H groups in total. The Hall–Kier alpha value is -0.120. The second kappa shape index (κ2) is 9.13. The minimum atomic E-state index is 0.584. The van der Waals surface area contributed by atoms with Crippen molar-refractivity contribution in [1.82, 2.24) is 10.2 Å². The molecular formula is C12H28N2O. The quantitative estimate of drug-likeness (QED) is 0.594. The van der Waals surface area contributed by atoms with Crippen LogP contribution < -0.4 is 5.32 Å². The van der Waals surface area contributed by atoms with E-state index in [9.17, 15) is 0 Å². The van der Waals surface area contributed by atoms with Gasteiger partial charge in [-0.3, -0.25) is 4.90 Å². The largest absolute Gasteiger partial charge is 0.380 e. The third-order valence-corrected chi connectivity index (χ3v) is 2.94. The molecule has 0 bridgehead atoms. The predicted octanol–water partition coefficient (Wildman–Crippen LogP) is 1.73. The first kappa shape index (κ1) is 14.9. The molecule has 0 amide bonds. The zero-order chi connectivity index (χ0) is 11.7. The maximum absolute atomic E-state index is 5.39. The first-order chi connectivity index (χ1) is 7.15.